The molecule has 0 aliphatic carbocycles. The van der Waals surface area contributed by atoms with Gasteiger partial charge in [0.2, 0.25) is 0 Å². The molecule has 0 heterocycles. The van der Waals surface area contributed by atoms with E-state index in [1.54, 1.807) is 7.11 Å². The SMILES string of the molecule is COc1ccc(C(CC(C)(C)N)N(C)C)cc1Br. The highest BCUT2D eigenvalue weighted by Gasteiger charge is 2.22. The number of hydrogen-bond acceptors (Lipinski definition) is 3. The van der Waals surface area contributed by atoms with Crippen LogP contribution in [-0.2, 0) is 0 Å². The fourth-order valence-corrected chi connectivity index (χ4v) is 2.55. The van der Waals surface area contributed by atoms with Crippen molar-refractivity contribution in [1.82, 2.24) is 4.90 Å². The zero-order valence-corrected chi connectivity index (χ0v) is 13.4. The standard InChI is InChI=1S/C14H23BrN2O/c1-14(2,16)9-12(17(3)4)10-6-7-13(18-5)11(15)8-10/h6-8,12H,9,16H2,1-5H3. The van der Waals surface area contributed by atoms with Crippen LogP contribution in [-0.4, -0.2) is 31.6 Å². The van der Waals surface area contributed by atoms with Crippen LogP contribution in [0.2, 0.25) is 0 Å². The molecule has 0 aromatic heterocycles. The van der Waals surface area contributed by atoms with Crippen LogP contribution in [0.4, 0.5) is 0 Å². The van der Waals surface area contributed by atoms with Crippen LogP contribution >= 0.6 is 15.9 Å². The molecule has 0 bridgehead atoms. The number of rotatable bonds is 5. The maximum atomic E-state index is 6.14. The van der Waals surface area contributed by atoms with Crippen LogP contribution in [0, 0.1) is 0 Å². The summed E-state index contributed by atoms with van der Waals surface area (Å²) in [6.07, 6.45) is 0.902. The molecule has 0 amide bonds. The van der Waals surface area contributed by atoms with Crippen LogP contribution in [0.3, 0.4) is 0 Å². The van der Waals surface area contributed by atoms with E-state index in [0.29, 0.717) is 6.04 Å². The number of ether oxygens (including phenoxy) is 1. The van der Waals surface area contributed by atoms with E-state index in [4.69, 9.17) is 10.5 Å². The number of nitrogens with zero attached hydrogens (tertiary/aromatic N) is 1. The smallest absolute Gasteiger partial charge is 0.133 e. The minimum Gasteiger partial charge on any atom is -0.496 e. The zero-order chi connectivity index (χ0) is 13.9. The lowest BCUT2D eigenvalue weighted by atomic mass is 9.91. The summed E-state index contributed by atoms with van der Waals surface area (Å²) < 4.78 is 6.23. The van der Waals surface area contributed by atoms with Gasteiger partial charge in [0.05, 0.1) is 11.6 Å². The van der Waals surface area contributed by atoms with Gasteiger partial charge in [-0.3, -0.25) is 0 Å². The van der Waals surface area contributed by atoms with Gasteiger partial charge in [0.25, 0.3) is 0 Å². The number of nitrogens with two attached hydrogens (primary N) is 1. The summed E-state index contributed by atoms with van der Waals surface area (Å²) in [5.74, 6) is 0.850. The third-order valence-corrected chi connectivity index (χ3v) is 3.52. The van der Waals surface area contributed by atoms with Gasteiger partial charge in [0, 0.05) is 11.6 Å². The fraction of sp³-hybridized carbons (Fsp3) is 0.571. The highest BCUT2D eigenvalue weighted by molar-refractivity contribution is 9.10. The molecule has 2 N–H and O–H groups in total. The minimum atomic E-state index is -0.193. The minimum absolute atomic E-state index is 0.193. The van der Waals surface area contributed by atoms with Crippen molar-refractivity contribution in [3.05, 3.63) is 28.2 Å². The Morgan fingerprint density at radius 1 is 1.39 bits per heavy atom. The van der Waals surface area contributed by atoms with E-state index in [0.717, 1.165) is 16.6 Å². The molecule has 1 aromatic carbocycles. The normalized spacial score (nSPS) is 13.8. The summed E-state index contributed by atoms with van der Waals surface area (Å²) in [7, 11) is 5.83. The van der Waals surface area contributed by atoms with Gasteiger partial charge < -0.3 is 15.4 Å². The van der Waals surface area contributed by atoms with Crippen LogP contribution in [0.1, 0.15) is 31.9 Å². The predicted octanol–water partition coefficient (Wildman–Crippen LogP) is 3.19. The summed E-state index contributed by atoms with van der Waals surface area (Å²) in [5.41, 5.74) is 7.19. The van der Waals surface area contributed by atoms with Crippen molar-refractivity contribution in [2.45, 2.75) is 31.8 Å². The Balaban J connectivity index is 3.03. The molecule has 4 heteroatoms. The first-order chi connectivity index (χ1) is 8.24. The third kappa shape index (κ3) is 4.26. The van der Waals surface area contributed by atoms with E-state index < -0.39 is 0 Å². The van der Waals surface area contributed by atoms with Gasteiger partial charge in [-0.25, -0.2) is 0 Å². The van der Waals surface area contributed by atoms with E-state index in [2.05, 4.69) is 60.9 Å². The van der Waals surface area contributed by atoms with Gasteiger partial charge >= 0.3 is 0 Å². The number of halogens is 1. The lowest BCUT2D eigenvalue weighted by Crippen LogP contribution is -2.37. The predicted molar refractivity (Wildman–Crippen MR) is 80.0 cm³/mol. The molecule has 0 fully saturated rings. The molecule has 102 valence electrons. The topological polar surface area (TPSA) is 38.5 Å². The van der Waals surface area contributed by atoms with E-state index >= 15 is 0 Å². The van der Waals surface area contributed by atoms with Crippen molar-refractivity contribution in [2.75, 3.05) is 21.2 Å². The molecular formula is C14H23BrN2O. The summed E-state index contributed by atoms with van der Waals surface area (Å²) in [5, 5.41) is 0. The Morgan fingerprint density at radius 2 is 2.00 bits per heavy atom. The van der Waals surface area contributed by atoms with E-state index in [1.807, 2.05) is 6.07 Å². The molecule has 0 spiro atoms. The van der Waals surface area contributed by atoms with Crippen molar-refractivity contribution in [1.29, 1.82) is 0 Å². The second kappa shape index (κ2) is 6.04. The Morgan fingerprint density at radius 3 is 2.39 bits per heavy atom. The first-order valence-corrected chi connectivity index (χ1v) is 6.82. The van der Waals surface area contributed by atoms with Crippen molar-refractivity contribution in [3.63, 3.8) is 0 Å². The van der Waals surface area contributed by atoms with E-state index in [1.165, 1.54) is 5.56 Å². The van der Waals surface area contributed by atoms with Crippen molar-refractivity contribution >= 4 is 15.9 Å². The monoisotopic (exact) mass is 314 g/mol. The first kappa shape index (κ1) is 15.5. The summed E-state index contributed by atoms with van der Waals surface area (Å²) in [6, 6.07) is 6.49. The zero-order valence-electron chi connectivity index (χ0n) is 11.8. The second-order valence-corrected chi connectivity index (χ2v) is 6.42. The molecule has 0 aliphatic heterocycles. The molecule has 1 rings (SSSR count). The summed E-state index contributed by atoms with van der Waals surface area (Å²) in [4.78, 5) is 2.20. The molecule has 0 saturated carbocycles. The Hall–Kier alpha value is -0.580. The van der Waals surface area contributed by atoms with Crippen LogP contribution < -0.4 is 10.5 Å². The molecule has 0 saturated heterocycles. The lowest BCUT2D eigenvalue weighted by Gasteiger charge is -2.31. The van der Waals surface area contributed by atoms with Gasteiger partial charge in [0.1, 0.15) is 5.75 Å². The molecule has 18 heavy (non-hydrogen) atoms. The van der Waals surface area contributed by atoms with E-state index in [-0.39, 0.29) is 5.54 Å². The lowest BCUT2D eigenvalue weighted by molar-refractivity contribution is 0.243. The highest BCUT2D eigenvalue weighted by Crippen LogP contribution is 2.32. The Kier molecular flexibility index (Phi) is 5.20. The van der Waals surface area contributed by atoms with Gasteiger partial charge in [-0.2, -0.15) is 0 Å². The van der Waals surface area contributed by atoms with Crippen LogP contribution in [0.5, 0.6) is 5.75 Å². The second-order valence-electron chi connectivity index (χ2n) is 5.57. The maximum Gasteiger partial charge on any atom is 0.133 e. The van der Waals surface area contributed by atoms with Crippen molar-refractivity contribution in [2.24, 2.45) is 5.73 Å². The quantitative estimate of drug-likeness (QED) is 0.907. The molecule has 0 aliphatic rings. The van der Waals surface area contributed by atoms with Crippen LogP contribution in [0.25, 0.3) is 0 Å². The summed E-state index contributed by atoms with van der Waals surface area (Å²) >= 11 is 3.53. The van der Waals surface area contributed by atoms with Crippen molar-refractivity contribution in [3.8, 4) is 5.75 Å². The molecule has 1 unspecified atom stereocenters. The van der Waals surface area contributed by atoms with Crippen molar-refractivity contribution < 1.29 is 4.74 Å². The number of methoxy groups -OCH3 is 1. The first-order valence-electron chi connectivity index (χ1n) is 6.03. The number of hydrogen-bond donors (Lipinski definition) is 1. The summed E-state index contributed by atoms with van der Waals surface area (Å²) in [6.45, 7) is 4.12. The maximum absolute atomic E-state index is 6.14. The fourth-order valence-electron chi connectivity index (χ4n) is 1.99. The average molecular weight is 315 g/mol. The largest absolute Gasteiger partial charge is 0.496 e. The average Bonchev–Trinajstić information content (AvgIpc) is 2.24. The van der Waals surface area contributed by atoms with Gasteiger partial charge in [-0.05, 0) is 68.0 Å². The van der Waals surface area contributed by atoms with Gasteiger partial charge in [0.15, 0.2) is 0 Å². The van der Waals surface area contributed by atoms with E-state index in [9.17, 15) is 0 Å². The Labute approximate surface area is 118 Å². The molecule has 0 radical (unpaired) electrons. The van der Waals surface area contributed by atoms with Crippen LogP contribution in [0.15, 0.2) is 22.7 Å². The molecular weight excluding hydrogens is 292 g/mol. The molecule has 1 atom stereocenters. The van der Waals surface area contributed by atoms with Gasteiger partial charge in [-0.15, -0.1) is 0 Å². The number of benzene rings is 1. The molecule has 1 aromatic rings. The highest BCUT2D eigenvalue weighted by atomic mass is 79.9. The molecule has 3 nitrogen and oxygen atoms in total. The third-order valence-electron chi connectivity index (χ3n) is 2.90. The van der Waals surface area contributed by atoms with Gasteiger partial charge in [-0.1, -0.05) is 6.07 Å². The Bertz CT molecular complexity index is 399.